The first-order valence-corrected chi connectivity index (χ1v) is 16.9. The zero-order valence-electron chi connectivity index (χ0n) is 26.7. The molecular formula is C34H43N5O6S. The van der Waals surface area contributed by atoms with Gasteiger partial charge >= 0.3 is 5.97 Å². The first kappa shape index (κ1) is 32.2. The molecule has 4 N–H and O–H groups in total. The first-order chi connectivity index (χ1) is 22.1. The number of thiazole rings is 1. The summed E-state index contributed by atoms with van der Waals surface area (Å²) >= 11 is 1.51. The van der Waals surface area contributed by atoms with E-state index in [1.807, 2.05) is 53.7 Å². The van der Waals surface area contributed by atoms with Crippen LogP contribution in [0.1, 0.15) is 52.4 Å². The van der Waals surface area contributed by atoms with E-state index in [4.69, 9.17) is 19.4 Å². The van der Waals surface area contributed by atoms with Crippen LogP contribution in [0.3, 0.4) is 0 Å². The standard InChI is InChI=1S/C34H43N5O6S/c1-19(2)35-33-37-28(18-46-33)27-14-20-13-22(44-4)10-11-24(20)30(36-27)45-23-15-25-26(16-23)31(41)39(3)12-8-6-5-7-9-21-17-34(21,32(42)43)38-29(25)40/h7,9-11,13-14,18-19,21,23,25-26,31,41H,5-6,8,12,15-17H2,1-4H3,(H,35,37)(H,38,40)(H,42,43)/b9-7-/t21-,23-,25-,26-,31?,34-/m1/s1. The number of aromatic nitrogens is 2. The molecule has 3 aromatic rings. The van der Waals surface area contributed by atoms with Crippen LogP contribution < -0.4 is 20.1 Å². The Labute approximate surface area is 273 Å². The number of carbonyl (C=O) groups excluding carboxylic acids is 1. The van der Waals surface area contributed by atoms with Gasteiger partial charge in [0.25, 0.3) is 0 Å². The fraction of sp³-hybridized carbons (Fsp3) is 0.529. The summed E-state index contributed by atoms with van der Waals surface area (Å²) in [6.45, 7) is 4.80. The zero-order valence-corrected chi connectivity index (χ0v) is 27.5. The quantitative estimate of drug-likeness (QED) is 0.261. The average Bonchev–Trinajstić information content (AvgIpc) is 3.31. The molecular weight excluding hydrogens is 606 g/mol. The van der Waals surface area contributed by atoms with Gasteiger partial charge in [0.1, 0.15) is 29.3 Å². The van der Waals surface area contributed by atoms with Gasteiger partial charge in [-0.3, -0.25) is 9.69 Å². The number of methoxy groups -OCH3 is 1. The molecule has 2 aromatic heterocycles. The molecule has 2 saturated carbocycles. The maximum Gasteiger partial charge on any atom is 0.330 e. The van der Waals surface area contributed by atoms with Gasteiger partial charge in [0.2, 0.25) is 11.8 Å². The lowest BCUT2D eigenvalue weighted by atomic mass is 9.92. The Morgan fingerprint density at radius 3 is 2.78 bits per heavy atom. The third-order valence-electron chi connectivity index (χ3n) is 9.44. The van der Waals surface area contributed by atoms with Crippen LogP contribution in [0.2, 0.25) is 0 Å². The van der Waals surface area contributed by atoms with Crippen LogP contribution in [-0.2, 0) is 9.59 Å². The Bertz CT molecular complexity index is 1630. The molecule has 2 fully saturated rings. The molecule has 12 heteroatoms. The Balaban J connectivity index is 1.31. The van der Waals surface area contributed by atoms with E-state index in [-0.39, 0.29) is 17.9 Å². The highest BCUT2D eigenvalue weighted by atomic mass is 32.1. The molecule has 0 spiro atoms. The van der Waals surface area contributed by atoms with Crippen LogP contribution in [-0.4, -0.2) is 81.6 Å². The number of pyridine rings is 1. The van der Waals surface area contributed by atoms with Crippen molar-refractivity contribution < 1.29 is 29.3 Å². The van der Waals surface area contributed by atoms with Crippen LogP contribution in [0.5, 0.6) is 11.6 Å². The van der Waals surface area contributed by atoms with Crippen LogP contribution in [0.25, 0.3) is 22.2 Å². The molecule has 3 heterocycles. The highest BCUT2D eigenvalue weighted by Crippen LogP contribution is 2.47. The molecule has 6 atom stereocenters. The number of amides is 1. The fourth-order valence-corrected chi connectivity index (χ4v) is 7.63. The molecule has 1 unspecified atom stereocenters. The average molecular weight is 650 g/mol. The zero-order chi connectivity index (χ0) is 32.6. The van der Waals surface area contributed by atoms with Crippen LogP contribution in [0.4, 0.5) is 5.13 Å². The minimum atomic E-state index is -1.31. The smallest absolute Gasteiger partial charge is 0.330 e. The van der Waals surface area contributed by atoms with Crippen molar-refractivity contribution in [3.05, 3.63) is 41.8 Å². The van der Waals surface area contributed by atoms with Gasteiger partial charge in [-0.05, 0) is 89.1 Å². The van der Waals surface area contributed by atoms with Crippen molar-refractivity contribution >= 4 is 39.1 Å². The molecule has 1 aromatic carbocycles. The summed E-state index contributed by atoms with van der Waals surface area (Å²) in [6.07, 6.45) is 6.36. The molecule has 0 saturated heterocycles. The number of benzene rings is 1. The summed E-state index contributed by atoms with van der Waals surface area (Å²) < 4.78 is 12.1. The number of anilines is 1. The number of rotatable bonds is 7. The van der Waals surface area contributed by atoms with Crippen molar-refractivity contribution in [3.8, 4) is 23.0 Å². The lowest BCUT2D eigenvalue weighted by Crippen LogP contribution is -2.50. The van der Waals surface area contributed by atoms with E-state index in [2.05, 4.69) is 24.5 Å². The monoisotopic (exact) mass is 649 g/mol. The molecule has 1 aliphatic heterocycles. The summed E-state index contributed by atoms with van der Waals surface area (Å²) in [5, 5.41) is 32.2. The minimum Gasteiger partial charge on any atom is -0.497 e. The van der Waals surface area contributed by atoms with Gasteiger partial charge in [-0.15, -0.1) is 11.3 Å². The largest absolute Gasteiger partial charge is 0.497 e. The van der Waals surface area contributed by atoms with Crippen LogP contribution >= 0.6 is 11.3 Å². The van der Waals surface area contributed by atoms with E-state index in [0.717, 1.165) is 35.2 Å². The lowest BCUT2D eigenvalue weighted by molar-refractivity contribution is -0.145. The number of aliphatic hydroxyl groups excluding tert-OH is 1. The number of fused-ring (bicyclic) bond motifs is 3. The second-order valence-electron chi connectivity index (χ2n) is 13.1. The van der Waals surface area contributed by atoms with Gasteiger partial charge in [0.15, 0.2) is 5.13 Å². The SMILES string of the molecule is COc1ccc2c(O[C@@H]3C[C@H]4C(=O)N[C@]5(C(=O)O)C[C@H]5/C=C\CCCCN(C)C(O)[C@@H]4C3)nc(-c3csc(NC(C)C)n3)cc2c1. The van der Waals surface area contributed by atoms with E-state index in [0.29, 0.717) is 48.8 Å². The molecule has 0 bridgehead atoms. The summed E-state index contributed by atoms with van der Waals surface area (Å²) in [6, 6.07) is 7.89. The van der Waals surface area contributed by atoms with E-state index in [1.54, 1.807) is 7.11 Å². The van der Waals surface area contributed by atoms with Gasteiger partial charge in [-0.1, -0.05) is 12.2 Å². The number of nitrogens with zero attached hydrogens (tertiary/aromatic N) is 3. The predicted molar refractivity (Wildman–Crippen MR) is 177 cm³/mol. The van der Waals surface area contributed by atoms with Gasteiger partial charge < -0.3 is 30.3 Å². The summed E-state index contributed by atoms with van der Waals surface area (Å²) in [7, 11) is 3.49. The second-order valence-corrected chi connectivity index (χ2v) is 14.0. The highest BCUT2D eigenvalue weighted by molar-refractivity contribution is 7.14. The lowest BCUT2D eigenvalue weighted by Gasteiger charge is -2.31. The third kappa shape index (κ3) is 6.56. The van der Waals surface area contributed by atoms with Crippen LogP contribution in [0.15, 0.2) is 41.8 Å². The number of hydrogen-bond acceptors (Lipinski definition) is 10. The molecule has 1 amide bonds. The van der Waals surface area contributed by atoms with Crippen molar-refractivity contribution in [1.82, 2.24) is 20.2 Å². The predicted octanol–water partition coefficient (Wildman–Crippen LogP) is 4.91. The number of ether oxygens (including phenoxy) is 2. The number of allylic oxidation sites excluding steroid dienone is 1. The van der Waals surface area contributed by atoms with E-state index in [9.17, 15) is 19.8 Å². The maximum absolute atomic E-state index is 13.8. The minimum absolute atomic E-state index is 0.237. The summed E-state index contributed by atoms with van der Waals surface area (Å²) in [5.74, 6) is -1.60. The van der Waals surface area contributed by atoms with Gasteiger partial charge in [0.05, 0.1) is 12.8 Å². The number of carbonyl (C=O) groups is 2. The number of aliphatic carboxylic acids is 1. The number of carboxylic acid groups (broad SMARTS) is 1. The number of aliphatic hydroxyl groups is 1. The van der Waals surface area contributed by atoms with Crippen LogP contribution in [0, 0.1) is 17.8 Å². The van der Waals surface area contributed by atoms with Crippen molar-refractivity contribution in [2.75, 3.05) is 26.0 Å². The van der Waals surface area contributed by atoms with Crippen molar-refractivity contribution in [1.29, 1.82) is 0 Å². The van der Waals surface area contributed by atoms with Crippen molar-refractivity contribution in [2.45, 2.75) is 76.3 Å². The fourth-order valence-electron chi connectivity index (χ4n) is 6.78. The van der Waals surface area contributed by atoms with E-state index in [1.165, 1.54) is 11.3 Å². The Morgan fingerprint density at radius 1 is 1.20 bits per heavy atom. The number of carboxylic acids is 1. The van der Waals surface area contributed by atoms with Gasteiger partial charge in [0, 0.05) is 41.1 Å². The molecule has 2 aliphatic carbocycles. The maximum atomic E-state index is 13.8. The van der Waals surface area contributed by atoms with Crippen molar-refractivity contribution in [3.63, 3.8) is 0 Å². The molecule has 11 nitrogen and oxygen atoms in total. The third-order valence-corrected chi connectivity index (χ3v) is 10.2. The second kappa shape index (κ2) is 13.2. The normalized spacial score (nSPS) is 29.3. The molecule has 0 radical (unpaired) electrons. The van der Waals surface area contributed by atoms with Crippen molar-refractivity contribution in [2.24, 2.45) is 17.8 Å². The Kier molecular flexibility index (Phi) is 9.22. The topological polar surface area (TPSA) is 146 Å². The summed E-state index contributed by atoms with van der Waals surface area (Å²) in [4.78, 5) is 37.7. The Morgan fingerprint density at radius 2 is 2.02 bits per heavy atom. The van der Waals surface area contributed by atoms with E-state index >= 15 is 0 Å². The molecule has 46 heavy (non-hydrogen) atoms. The van der Waals surface area contributed by atoms with Gasteiger partial charge in [-0.2, -0.15) is 0 Å². The number of hydrogen-bond donors (Lipinski definition) is 4. The number of nitrogens with one attached hydrogen (secondary N) is 2. The molecule has 3 aliphatic rings. The first-order valence-electron chi connectivity index (χ1n) is 16.1. The summed E-state index contributed by atoms with van der Waals surface area (Å²) in [5.41, 5.74) is 0.0554. The van der Waals surface area contributed by atoms with Gasteiger partial charge in [-0.25, -0.2) is 14.8 Å². The Hall–Kier alpha value is -3.74. The van der Waals surface area contributed by atoms with E-state index < -0.39 is 35.7 Å². The highest BCUT2D eigenvalue weighted by Gasteiger charge is 2.61. The molecule has 6 rings (SSSR count). The molecule has 246 valence electrons.